The van der Waals surface area contributed by atoms with Crippen molar-refractivity contribution in [1.29, 1.82) is 0 Å². The van der Waals surface area contributed by atoms with E-state index in [0.29, 0.717) is 31.6 Å². The number of phosphoric ester groups is 2. The summed E-state index contributed by atoms with van der Waals surface area (Å²) in [4.78, 5) is 72.4. The van der Waals surface area contributed by atoms with Crippen LogP contribution < -0.4 is 0 Å². The lowest BCUT2D eigenvalue weighted by molar-refractivity contribution is -0.161. The molecule has 0 saturated heterocycles. The van der Waals surface area contributed by atoms with Crippen LogP contribution in [-0.2, 0) is 65.4 Å². The van der Waals surface area contributed by atoms with E-state index < -0.39 is 97.5 Å². The zero-order chi connectivity index (χ0) is 64.7. The van der Waals surface area contributed by atoms with Gasteiger partial charge in [0.1, 0.15) is 19.3 Å². The van der Waals surface area contributed by atoms with Crippen molar-refractivity contribution in [3.63, 3.8) is 0 Å². The van der Waals surface area contributed by atoms with E-state index in [0.717, 1.165) is 114 Å². The maximum absolute atomic E-state index is 13.0. The average Bonchev–Trinajstić information content (AvgIpc) is 3.69. The van der Waals surface area contributed by atoms with Crippen molar-refractivity contribution in [2.24, 2.45) is 23.7 Å². The minimum Gasteiger partial charge on any atom is -0.462 e. The molecule has 0 aromatic heterocycles. The van der Waals surface area contributed by atoms with Gasteiger partial charge in [-0.25, -0.2) is 9.13 Å². The second kappa shape index (κ2) is 57.9. The number of unbranched alkanes of at least 4 members (excludes halogenated alkanes) is 29. The molecule has 516 valence electrons. The van der Waals surface area contributed by atoms with E-state index in [9.17, 15) is 43.2 Å². The van der Waals surface area contributed by atoms with Gasteiger partial charge in [-0.1, -0.05) is 280 Å². The van der Waals surface area contributed by atoms with E-state index >= 15 is 0 Å². The number of aliphatic hydroxyl groups excluding tert-OH is 1. The van der Waals surface area contributed by atoms with Crippen LogP contribution in [0, 0.1) is 23.7 Å². The van der Waals surface area contributed by atoms with E-state index in [2.05, 4.69) is 55.4 Å². The minimum absolute atomic E-state index is 0.102. The number of phosphoric acid groups is 2. The van der Waals surface area contributed by atoms with Gasteiger partial charge in [-0.2, -0.15) is 0 Å². The molecule has 0 aliphatic carbocycles. The molecule has 0 aromatic carbocycles. The molecular weight excluding hydrogens is 1150 g/mol. The van der Waals surface area contributed by atoms with E-state index in [1.807, 2.05) is 0 Å². The third-order valence-corrected chi connectivity index (χ3v) is 18.2. The third kappa shape index (κ3) is 60.1. The summed E-state index contributed by atoms with van der Waals surface area (Å²) >= 11 is 0. The Bertz CT molecular complexity index is 1730. The lowest BCUT2D eigenvalue weighted by Crippen LogP contribution is -2.30. The van der Waals surface area contributed by atoms with Crippen LogP contribution in [0.4, 0.5) is 0 Å². The Morgan fingerprint density at radius 1 is 0.322 bits per heavy atom. The summed E-state index contributed by atoms with van der Waals surface area (Å²) in [7, 11) is -9.90. The molecule has 19 heteroatoms. The van der Waals surface area contributed by atoms with Crippen molar-refractivity contribution in [2.45, 2.75) is 350 Å². The summed E-state index contributed by atoms with van der Waals surface area (Å²) in [6.45, 7) is 14.0. The molecule has 3 N–H and O–H groups in total. The number of carbonyl (C=O) groups excluding carboxylic acids is 4. The van der Waals surface area contributed by atoms with Crippen molar-refractivity contribution >= 4 is 39.5 Å². The molecule has 17 nitrogen and oxygen atoms in total. The first-order chi connectivity index (χ1) is 41.7. The highest BCUT2D eigenvalue weighted by atomic mass is 31.2. The Morgan fingerprint density at radius 2 is 0.552 bits per heavy atom. The van der Waals surface area contributed by atoms with E-state index in [4.69, 9.17) is 37.0 Å². The normalized spacial score (nSPS) is 15.0. The van der Waals surface area contributed by atoms with E-state index in [-0.39, 0.29) is 25.7 Å². The monoisotopic (exact) mass is 1280 g/mol. The summed E-state index contributed by atoms with van der Waals surface area (Å²) in [5.74, 6) is 0.844. The highest BCUT2D eigenvalue weighted by Crippen LogP contribution is 2.45. The van der Waals surface area contributed by atoms with Gasteiger partial charge in [-0.15, -0.1) is 0 Å². The largest absolute Gasteiger partial charge is 0.472 e. The number of ether oxygens (including phenoxy) is 4. The first-order valence-electron chi connectivity index (χ1n) is 35.3. The van der Waals surface area contributed by atoms with Gasteiger partial charge in [-0.3, -0.25) is 37.3 Å². The van der Waals surface area contributed by atoms with E-state index in [1.54, 1.807) is 0 Å². The van der Waals surface area contributed by atoms with Gasteiger partial charge in [0.15, 0.2) is 12.2 Å². The summed E-state index contributed by atoms with van der Waals surface area (Å²) in [5.41, 5.74) is 0. The molecule has 0 aliphatic heterocycles. The molecule has 5 unspecified atom stereocenters. The fraction of sp³-hybridized carbons (Fsp3) is 0.941. The summed E-state index contributed by atoms with van der Waals surface area (Å²) in [5, 5.41) is 10.6. The molecule has 0 aliphatic rings. The summed E-state index contributed by atoms with van der Waals surface area (Å²) < 4.78 is 68.2. The standard InChI is InChI=1S/C68H132O17P2/c1-9-60(7)46-38-30-22-17-18-23-32-40-48-65(70)78-54-63(84-67(72)50-42-34-24-16-14-12-11-13-15-20-28-36-44-58(3)4)56-82-86(74,75)80-52-62(69)53-81-87(76,77)83-57-64(85-68(73)51-43-35-27-26-31-39-47-61(8)10-2)55-79-66(71)49-41-33-25-19-21-29-37-45-59(5)6/h58-64,69H,9-57H2,1-8H3,(H,74,75)(H,76,77)/t60?,61?,62?,63-,64-/m1/s1. The van der Waals surface area contributed by atoms with Crippen molar-refractivity contribution in [3.05, 3.63) is 0 Å². The number of carbonyl (C=O) groups is 4. The Kier molecular flexibility index (Phi) is 56.6. The van der Waals surface area contributed by atoms with Crippen LogP contribution in [0.2, 0.25) is 0 Å². The fourth-order valence-corrected chi connectivity index (χ4v) is 11.7. The topological polar surface area (TPSA) is 237 Å². The quantitative estimate of drug-likeness (QED) is 0.0222. The summed E-state index contributed by atoms with van der Waals surface area (Å²) in [6, 6.07) is 0. The number of hydrogen-bond donors (Lipinski definition) is 3. The van der Waals surface area contributed by atoms with Gasteiger partial charge in [0.05, 0.1) is 26.4 Å². The first-order valence-corrected chi connectivity index (χ1v) is 38.3. The molecule has 0 heterocycles. The molecule has 0 fully saturated rings. The number of esters is 4. The van der Waals surface area contributed by atoms with Crippen LogP contribution in [0.5, 0.6) is 0 Å². The van der Waals surface area contributed by atoms with Crippen LogP contribution in [0.1, 0.15) is 331 Å². The van der Waals surface area contributed by atoms with Crippen LogP contribution in [-0.4, -0.2) is 96.7 Å². The fourth-order valence-electron chi connectivity index (χ4n) is 10.1. The SMILES string of the molecule is CCC(C)CCCCCCCCCCC(=O)OC[C@H](COP(=O)(O)OCC(O)COP(=O)(O)OC[C@@H](COC(=O)CCCCCCCCCC(C)C)OC(=O)CCCCCCCCC(C)CC)OC(=O)CCCCCCCCCCCCCCC(C)C. The second-order valence-electron chi connectivity index (χ2n) is 26.0. The van der Waals surface area contributed by atoms with Crippen LogP contribution in [0.15, 0.2) is 0 Å². The maximum Gasteiger partial charge on any atom is 0.472 e. The number of hydrogen-bond acceptors (Lipinski definition) is 15. The minimum atomic E-state index is -4.95. The van der Waals surface area contributed by atoms with Crippen molar-refractivity contribution < 1.29 is 80.2 Å². The van der Waals surface area contributed by atoms with Gasteiger partial charge in [-0.05, 0) is 49.4 Å². The Labute approximate surface area is 530 Å². The molecule has 87 heavy (non-hydrogen) atoms. The maximum atomic E-state index is 13.0. The van der Waals surface area contributed by atoms with Crippen LogP contribution >= 0.6 is 15.6 Å². The lowest BCUT2D eigenvalue weighted by atomic mass is 9.99. The lowest BCUT2D eigenvalue weighted by Gasteiger charge is -2.21. The molecule has 0 aromatic rings. The van der Waals surface area contributed by atoms with Crippen molar-refractivity contribution in [3.8, 4) is 0 Å². The summed E-state index contributed by atoms with van der Waals surface area (Å²) in [6.07, 6.45) is 39.0. The molecule has 0 saturated carbocycles. The Morgan fingerprint density at radius 3 is 0.816 bits per heavy atom. The molecule has 0 rings (SSSR count). The number of rotatable bonds is 65. The smallest absolute Gasteiger partial charge is 0.462 e. The average molecular weight is 1280 g/mol. The van der Waals surface area contributed by atoms with Gasteiger partial charge in [0.25, 0.3) is 0 Å². The molecule has 0 radical (unpaired) electrons. The Balaban J connectivity index is 5.26. The molecular formula is C68H132O17P2. The van der Waals surface area contributed by atoms with Crippen molar-refractivity contribution in [1.82, 2.24) is 0 Å². The van der Waals surface area contributed by atoms with Gasteiger partial charge >= 0.3 is 39.5 Å². The predicted octanol–water partition coefficient (Wildman–Crippen LogP) is 18.9. The Hall–Kier alpha value is -1.94. The molecule has 0 bridgehead atoms. The zero-order valence-electron chi connectivity index (χ0n) is 56.6. The molecule has 0 amide bonds. The second-order valence-corrected chi connectivity index (χ2v) is 28.9. The van der Waals surface area contributed by atoms with Gasteiger partial charge in [0, 0.05) is 25.7 Å². The van der Waals surface area contributed by atoms with Crippen LogP contribution in [0.3, 0.4) is 0 Å². The molecule has 0 spiro atoms. The van der Waals surface area contributed by atoms with E-state index in [1.165, 1.54) is 128 Å². The molecule has 7 atom stereocenters. The highest BCUT2D eigenvalue weighted by molar-refractivity contribution is 7.47. The van der Waals surface area contributed by atoms with Crippen LogP contribution in [0.25, 0.3) is 0 Å². The first kappa shape index (κ1) is 85.1. The highest BCUT2D eigenvalue weighted by Gasteiger charge is 2.30. The van der Waals surface area contributed by atoms with Gasteiger partial charge in [0.2, 0.25) is 0 Å². The zero-order valence-corrected chi connectivity index (χ0v) is 58.4. The third-order valence-electron chi connectivity index (χ3n) is 16.3. The number of aliphatic hydroxyl groups is 1. The predicted molar refractivity (Wildman–Crippen MR) is 349 cm³/mol. The van der Waals surface area contributed by atoms with Crippen molar-refractivity contribution in [2.75, 3.05) is 39.6 Å². The van der Waals surface area contributed by atoms with Gasteiger partial charge < -0.3 is 33.8 Å².